The molecule has 0 N–H and O–H groups in total. The lowest BCUT2D eigenvalue weighted by atomic mass is 10.6. The molecular formula is C6H12NO2. The second-order valence-corrected chi connectivity index (χ2v) is 1.58. The van der Waals surface area contributed by atoms with Crippen LogP contribution in [-0.2, 0) is 4.74 Å². The van der Waals surface area contributed by atoms with Crippen molar-refractivity contribution in [1.29, 1.82) is 0 Å². The lowest BCUT2D eigenvalue weighted by Gasteiger charge is -2.15. The van der Waals surface area contributed by atoms with E-state index in [-0.39, 0.29) is 6.09 Å². The van der Waals surface area contributed by atoms with Crippen LogP contribution in [0.15, 0.2) is 0 Å². The highest BCUT2D eigenvalue weighted by atomic mass is 16.5. The number of nitrogens with zero attached hydrogens (tertiary/aromatic N) is 1. The Morgan fingerprint density at radius 2 is 2.00 bits per heavy atom. The van der Waals surface area contributed by atoms with Gasteiger partial charge in [-0.3, -0.25) is 0 Å². The van der Waals surface area contributed by atoms with Crippen LogP contribution >= 0.6 is 0 Å². The summed E-state index contributed by atoms with van der Waals surface area (Å²) in [6, 6.07) is 0. The Labute approximate surface area is 55.6 Å². The van der Waals surface area contributed by atoms with Gasteiger partial charge in [0.25, 0.3) is 0 Å². The van der Waals surface area contributed by atoms with E-state index in [4.69, 9.17) is 0 Å². The van der Waals surface area contributed by atoms with Gasteiger partial charge >= 0.3 is 6.09 Å². The molecular weight excluding hydrogens is 118 g/mol. The average Bonchev–Trinajstić information content (AvgIpc) is 1.90. The maximum absolute atomic E-state index is 10.6. The molecule has 3 heteroatoms. The summed E-state index contributed by atoms with van der Waals surface area (Å²) in [6.45, 7) is 5.12. The summed E-state index contributed by atoms with van der Waals surface area (Å²) in [7, 11) is 3.01. The number of hydrogen-bond acceptors (Lipinski definition) is 2. The summed E-state index contributed by atoms with van der Waals surface area (Å²) in [5.74, 6) is 0. The fraction of sp³-hybridized carbons (Fsp3) is 0.667. The molecule has 0 fully saturated rings. The van der Waals surface area contributed by atoms with Crippen molar-refractivity contribution in [3.63, 3.8) is 0 Å². The van der Waals surface area contributed by atoms with Gasteiger partial charge in [0.05, 0.1) is 0 Å². The van der Waals surface area contributed by atoms with Gasteiger partial charge in [-0.1, -0.05) is 0 Å². The predicted molar refractivity (Wildman–Crippen MR) is 34.8 cm³/mol. The molecule has 0 atom stereocenters. The molecule has 0 saturated carbocycles. The van der Waals surface area contributed by atoms with Gasteiger partial charge in [0.15, 0.2) is 0 Å². The van der Waals surface area contributed by atoms with Crippen LogP contribution in [0.4, 0.5) is 4.79 Å². The molecule has 0 heterocycles. The van der Waals surface area contributed by atoms with Crippen molar-refractivity contribution < 1.29 is 9.53 Å². The molecule has 3 nitrogen and oxygen atoms in total. The maximum atomic E-state index is 10.6. The first-order valence-electron chi connectivity index (χ1n) is 2.97. The van der Waals surface area contributed by atoms with Gasteiger partial charge in [-0.2, -0.15) is 0 Å². The lowest BCUT2D eigenvalue weighted by molar-refractivity contribution is 0.140. The second kappa shape index (κ2) is 4.18. The van der Waals surface area contributed by atoms with E-state index in [1.165, 1.54) is 0 Å². The molecule has 1 radical (unpaired) electrons. The largest absolute Gasteiger partial charge is 0.446 e. The molecule has 0 aliphatic rings. The minimum Gasteiger partial charge on any atom is -0.446 e. The molecule has 0 rings (SSSR count). The van der Waals surface area contributed by atoms with Gasteiger partial charge in [-0.15, -0.1) is 0 Å². The molecule has 0 bridgehead atoms. The normalized spacial score (nSPS) is 8.78. The third-order valence-electron chi connectivity index (χ3n) is 1.15. The summed E-state index contributed by atoms with van der Waals surface area (Å²) < 4.78 is 4.23. The Balaban J connectivity index is 3.64. The zero-order valence-electron chi connectivity index (χ0n) is 5.89. The van der Waals surface area contributed by atoms with Gasteiger partial charge < -0.3 is 9.64 Å². The summed E-state index contributed by atoms with van der Waals surface area (Å²) in [5, 5.41) is 0. The minimum atomic E-state index is -0.361. The van der Waals surface area contributed by atoms with Crippen LogP contribution in [0.5, 0.6) is 0 Å². The Morgan fingerprint density at radius 3 is 2.11 bits per heavy atom. The van der Waals surface area contributed by atoms with E-state index in [1.807, 2.05) is 13.8 Å². The van der Waals surface area contributed by atoms with E-state index in [2.05, 4.69) is 11.8 Å². The fourth-order valence-corrected chi connectivity index (χ4v) is 0.573. The minimum absolute atomic E-state index is 0.361. The molecule has 9 heavy (non-hydrogen) atoms. The Bertz CT molecular complexity index is 89.1. The van der Waals surface area contributed by atoms with Crippen molar-refractivity contribution in [2.24, 2.45) is 0 Å². The molecule has 1 amide bonds. The topological polar surface area (TPSA) is 29.5 Å². The van der Waals surface area contributed by atoms with Gasteiger partial charge in [-0.05, 0) is 13.8 Å². The van der Waals surface area contributed by atoms with E-state index in [9.17, 15) is 4.79 Å². The van der Waals surface area contributed by atoms with Crippen LogP contribution in [0, 0.1) is 7.11 Å². The monoisotopic (exact) mass is 130 g/mol. The molecule has 0 spiro atoms. The van der Waals surface area contributed by atoms with Gasteiger partial charge in [-0.25, -0.2) is 4.79 Å². The third-order valence-corrected chi connectivity index (χ3v) is 1.15. The molecule has 0 aliphatic carbocycles. The summed E-state index contributed by atoms with van der Waals surface area (Å²) in [4.78, 5) is 12.2. The van der Waals surface area contributed by atoms with Crippen molar-refractivity contribution in [3.8, 4) is 0 Å². The second-order valence-electron chi connectivity index (χ2n) is 1.58. The van der Waals surface area contributed by atoms with Crippen LogP contribution in [0.1, 0.15) is 13.8 Å². The number of carbonyl (C=O) groups is 1. The van der Waals surface area contributed by atoms with Crippen molar-refractivity contribution in [2.75, 3.05) is 13.1 Å². The van der Waals surface area contributed by atoms with Gasteiger partial charge in [0.2, 0.25) is 0 Å². The maximum Gasteiger partial charge on any atom is 0.409 e. The SMILES string of the molecule is [CH2]OC(=O)N(CC)CC. The molecule has 53 valence electrons. The lowest BCUT2D eigenvalue weighted by Crippen LogP contribution is -2.29. The first kappa shape index (κ1) is 8.27. The highest BCUT2D eigenvalue weighted by Gasteiger charge is 2.06. The zero-order chi connectivity index (χ0) is 7.28. The molecule has 0 aromatic heterocycles. The first-order valence-corrected chi connectivity index (χ1v) is 2.97. The molecule has 0 aliphatic heterocycles. The van der Waals surface area contributed by atoms with Gasteiger partial charge in [0.1, 0.15) is 7.11 Å². The van der Waals surface area contributed by atoms with Crippen LogP contribution < -0.4 is 0 Å². The average molecular weight is 130 g/mol. The number of rotatable bonds is 2. The van der Waals surface area contributed by atoms with Crippen LogP contribution in [0.3, 0.4) is 0 Å². The highest BCUT2D eigenvalue weighted by Crippen LogP contribution is 1.90. The van der Waals surface area contributed by atoms with Crippen LogP contribution in [-0.4, -0.2) is 24.1 Å². The van der Waals surface area contributed by atoms with E-state index >= 15 is 0 Å². The van der Waals surface area contributed by atoms with E-state index < -0.39 is 0 Å². The van der Waals surface area contributed by atoms with E-state index in [1.54, 1.807) is 4.90 Å². The van der Waals surface area contributed by atoms with Crippen LogP contribution in [0.25, 0.3) is 0 Å². The zero-order valence-corrected chi connectivity index (χ0v) is 5.89. The molecule has 0 aromatic rings. The van der Waals surface area contributed by atoms with E-state index in [0.717, 1.165) is 0 Å². The smallest absolute Gasteiger partial charge is 0.409 e. The van der Waals surface area contributed by atoms with E-state index in [0.29, 0.717) is 13.1 Å². The first-order chi connectivity index (χ1) is 4.26. The summed E-state index contributed by atoms with van der Waals surface area (Å²) in [5.41, 5.74) is 0. The molecule has 0 unspecified atom stereocenters. The summed E-state index contributed by atoms with van der Waals surface area (Å²) >= 11 is 0. The van der Waals surface area contributed by atoms with Crippen molar-refractivity contribution in [1.82, 2.24) is 4.90 Å². The van der Waals surface area contributed by atoms with Gasteiger partial charge in [0, 0.05) is 13.1 Å². The fourth-order valence-electron chi connectivity index (χ4n) is 0.573. The highest BCUT2D eigenvalue weighted by molar-refractivity contribution is 5.67. The quantitative estimate of drug-likeness (QED) is 0.563. The Kier molecular flexibility index (Phi) is 3.84. The Morgan fingerprint density at radius 1 is 1.56 bits per heavy atom. The number of amides is 1. The van der Waals surface area contributed by atoms with Crippen molar-refractivity contribution >= 4 is 6.09 Å². The third kappa shape index (κ3) is 2.35. The van der Waals surface area contributed by atoms with Crippen molar-refractivity contribution in [3.05, 3.63) is 7.11 Å². The van der Waals surface area contributed by atoms with Crippen molar-refractivity contribution in [2.45, 2.75) is 13.8 Å². The summed E-state index contributed by atoms with van der Waals surface area (Å²) in [6.07, 6.45) is -0.361. The van der Waals surface area contributed by atoms with Crippen LogP contribution in [0.2, 0.25) is 0 Å². The predicted octanol–water partition coefficient (Wildman–Crippen LogP) is 1.26. The number of carbonyl (C=O) groups excluding carboxylic acids is 1. The molecule has 0 saturated heterocycles. The number of ether oxygens (including phenoxy) is 1. The standard InChI is InChI=1S/C6H12NO2/c1-4-7(5-2)6(8)9-3/h3-5H2,1-2H3. The molecule has 0 aromatic carbocycles. The Hall–Kier alpha value is -0.730. The number of hydrogen-bond donors (Lipinski definition) is 0.